The summed E-state index contributed by atoms with van der Waals surface area (Å²) in [5, 5.41) is 20.7. The van der Waals surface area contributed by atoms with E-state index in [4.69, 9.17) is 9.15 Å². The first-order chi connectivity index (χ1) is 15.7. The summed E-state index contributed by atoms with van der Waals surface area (Å²) >= 11 is 0. The van der Waals surface area contributed by atoms with Crippen LogP contribution in [-0.2, 0) is 13.7 Å². The lowest BCUT2D eigenvalue weighted by Gasteiger charge is -2.10. The van der Waals surface area contributed by atoms with Crippen molar-refractivity contribution in [2.75, 3.05) is 11.9 Å². The van der Waals surface area contributed by atoms with Gasteiger partial charge in [-0.2, -0.15) is 5.10 Å². The Kier molecular flexibility index (Phi) is 7.11. The van der Waals surface area contributed by atoms with Gasteiger partial charge in [0.2, 0.25) is 0 Å². The van der Waals surface area contributed by atoms with Gasteiger partial charge in [-0.3, -0.25) is 24.4 Å². The van der Waals surface area contributed by atoms with Crippen LogP contribution < -0.4 is 15.4 Å². The molecule has 33 heavy (non-hydrogen) atoms. The molecule has 0 aliphatic heterocycles. The summed E-state index contributed by atoms with van der Waals surface area (Å²) in [4.78, 5) is 35.8. The average Bonchev–Trinajstić information content (AvgIpc) is 3.38. The van der Waals surface area contributed by atoms with Crippen LogP contribution in [0.5, 0.6) is 5.75 Å². The van der Waals surface area contributed by atoms with Gasteiger partial charge in [-0.25, -0.2) is 0 Å². The van der Waals surface area contributed by atoms with E-state index in [-0.39, 0.29) is 47.0 Å². The first-order valence-electron chi connectivity index (χ1n) is 10.2. The van der Waals surface area contributed by atoms with Crippen LogP contribution in [0, 0.1) is 23.0 Å². The molecule has 0 aliphatic rings. The second-order valence-corrected chi connectivity index (χ2v) is 7.87. The lowest BCUT2D eigenvalue weighted by molar-refractivity contribution is -0.386. The fraction of sp³-hybridized carbons (Fsp3) is 0.318. The van der Waals surface area contributed by atoms with E-state index in [2.05, 4.69) is 15.7 Å². The van der Waals surface area contributed by atoms with Gasteiger partial charge in [0.05, 0.1) is 16.8 Å². The zero-order valence-corrected chi connectivity index (χ0v) is 18.7. The summed E-state index contributed by atoms with van der Waals surface area (Å²) < 4.78 is 12.4. The van der Waals surface area contributed by atoms with Crippen molar-refractivity contribution in [2.24, 2.45) is 13.0 Å². The van der Waals surface area contributed by atoms with Crippen LogP contribution in [0.3, 0.4) is 0 Å². The van der Waals surface area contributed by atoms with Crippen molar-refractivity contribution in [3.05, 3.63) is 69.4 Å². The Bertz CT molecular complexity index is 1180. The highest BCUT2D eigenvalue weighted by atomic mass is 16.6. The summed E-state index contributed by atoms with van der Waals surface area (Å²) in [5.41, 5.74) is 1.04. The number of anilines is 1. The monoisotopic (exact) mass is 455 g/mol. The van der Waals surface area contributed by atoms with E-state index in [0.29, 0.717) is 12.3 Å². The molecule has 0 saturated heterocycles. The van der Waals surface area contributed by atoms with Gasteiger partial charge in [0, 0.05) is 19.7 Å². The Hall–Kier alpha value is -4.15. The fourth-order valence-corrected chi connectivity index (χ4v) is 2.98. The maximum absolute atomic E-state index is 12.6. The number of hydrogen-bond donors (Lipinski definition) is 2. The minimum Gasteiger partial charge on any atom is -0.479 e. The minimum absolute atomic E-state index is 0.00982. The number of nitrogens with zero attached hydrogens (tertiary/aromatic N) is 3. The van der Waals surface area contributed by atoms with E-state index < -0.39 is 10.8 Å². The largest absolute Gasteiger partial charge is 0.479 e. The number of nitro benzene ring substituents is 1. The van der Waals surface area contributed by atoms with Crippen molar-refractivity contribution in [2.45, 2.75) is 27.4 Å². The van der Waals surface area contributed by atoms with Gasteiger partial charge in [0.15, 0.2) is 11.5 Å². The Morgan fingerprint density at radius 1 is 1.24 bits per heavy atom. The van der Waals surface area contributed by atoms with Gasteiger partial charge in [-0.05, 0) is 36.6 Å². The molecule has 0 atom stereocenters. The molecule has 2 amide bonds. The fourth-order valence-electron chi connectivity index (χ4n) is 2.98. The number of amides is 2. The Labute approximate surface area is 189 Å². The third kappa shape index (κ3) is 5.76. The van der Waals surface area contributed by atoms with Crippen molar-refractivity contribution in [3.63, 3.8) is 0 Å². The van der Waals surface area contributed by atoms with Crippen molar-refractivity contribution in [3.8, 4) is 5.75 Å². The van der Waals surface area contributed by atoms with E-state index in [9.17, 15) is 19.7 Å². The van der Waals surface area contributed by atoms with Gasteiger partial charge >= 0.3 is 5.69 Å². The molecular formula is C22H25N5O6. The SMILES string of the molecule is Cc1ccc(OCc2ccc(C(=O)Nc3cnn(C)c3C(=O)NCC(C)C)o2)c([N+](=O)[O-])c1. The summed E-state index contributed by atoms with van der Waals surface area (Å²) in [6.45, 7) is 6.07. The van der Waals surface area contributed by atoms with Crippen LogP contribution in [0.15, 0.2) is 40.9 Å². The van der Waals surface area contributed by atoms with Crippen molar-refractivity contribution < 1.29 is 23.7 Å². The van der Waals surface area contributed by atoms with Gasteiger partial charge in [-0.1, -0.05) is 19.9 Å². The number of carbonyl (C=O) groups excluding carboxylic acids is 2. The van der Waals surface area contributed by atoms with Crippen molar-refractivity contribution >= 4 is 23.2 Å². The third-order valence-electron chi connectivity index (χ3n) is 4.64. The second-order valence-electron chi connectivity index (χ2n) is 7.87. The molecule has 174 valence electrons. The van der Waals surface area contributed by atoms with Gasteiger partial charge in [-0.15, -0.1) is 0 Å². The molecule has 2 aromatic heterocycles. The molecule has 3 aromatic rings. The van der Waals surface area contributed by atoms with E-state index in [0.717, 1.165) is 5.56 Å². The number of benzene rings is 1. The van der Waals surface area contributed by atoms with Crippen molar-refractivity contribution in [1.82, 2.24) is 15.1 Å². The summed E-state index contributed by atoms with van der Waals surface area (Å²) in [6.07, 6.45) is 1.38. The maximum atomic E-state index is 12.6. The van der Waals surface area contributed by atoms with Gasteiger partial charge in [0.25, 0.3) is 11.8 Å². The number of ether oxygens (including phenoxy) is 1. The number of nitro groups is 1. The molecular weight excluding hydrogens is 430 g/mol. The molecule has 2 heterocycles. The molecule has 0 radical (unpaired) electrons. The van der Waals surface area contributed by atoms with Crippen LogP contribution in [0.4, 0.5) is 11.4 Å². The zero-order valence-electron chi connectivity index (χ0n) is 18.7. The normalized spacial score (nSPS) is 10.8. The number of aryl methyl sites for hydroxylation is 2. The summed E-state index contributed by atoms with van der Waals surface area (Å²) in [6, 6.07) is 7.62. The number of nitrogens with one attached hydrogen (secondary N) is 2. The van der Waals surface area contributed by atoms with E-state index in [1.165, 1.54) is 35.1 Å². The van der Waals surface area contributed by atoms with Crippen LogP contribution in [0.2, 0.25) is 0 Å². The van der Waals surface area contributed by atoms with Crippen LogP contribution in [0.1, 0.15) is 46.2 Å². The maximum Gasteiger partial charge on any atom is 0.311 e. The molecule has 0 spiro atoms. The van der Waals surface area contributed by atoms with E-state index in [1.807, 2.05) is 13.8 Å². The number of rotatable bonds is 9. The molecule has 0 aliphatic carbocycles. The smallest absolute Gasteiger partial charge is 0.311 e. The predicted octanol–water partition coefficient (Wildman–Crippen LogP) is 3.45. The number of aromatic nitrogens is 2. The highest BCUT2D eigenvalue weighted by Crippen LogP contribution is 2.28. The molecule has 0 saturated carbocycles. The lowest BCUT2D eigenvalue weighted by Crippen LogP contribution is -2.30. The lowest BCUT2D eigenvalue weighted by atomic mass is 10.2. The first kappa shape index (κ1) is 23.5. The molecule has 0 fully saturated rings. The molecule has 2 N–H and O–H groups in total. The second kappa shape index (κ2) is 9.98. The standard InChI is InChI=1S/C22H25N5O6/c1-13(2)10-23-22(29)20-16(11-24-26(20)4)25-21(28)19-8-6-15(33-19)12-32-18-7-5-14(3)9-17(18)27(30)31/h5-9,11,13H,10,12H2,1-4H3,(H,23,29)(H,25,28). The van der Waals surface area contributed by atoms with Crippen LogP contribution >= 0.6 is 0 Å². The molecule has 0 bridgehead atoms. The third-order valence-corrected chi connectivity index (χ3v) is 4.64. The summed E-state index contributed by atoms with van der Waals surface area (Å²) in [7, 11) is 1.60. The first-order valence-corrected chi connectivity index (χ1v) is 10.2. The Morgan fingerprint density at radius 2 is 2.00 bits per heavy atom. The van der Waals surface area contributed by atoms with Crippen LogP contribution in [-0.4, -0.2) is 33.1 Å². The minimum atomic E-state index is -0.575. The predicted molar refractivity (Wildman–Crippen MR) is 119 cm³/mol. The summed E-state index contributed by atoms with van der Waals surface area (Å²) in [5.74, 6) is -0.271. The molecule has 11 heteroatoms. The molecule has 0 unspecified atom stereocenters. The quantitative estimate of drug-likeness (QED) is 0.372. The topological polar surface area (TPSA) is 142 Å². The number of furan rings is 1. The van der Waals surface area contributed by atoms with Gasteiger partial charge in [0.1, 0.15) is 18.1 Å². The van der Waals surface area contributed by atoms with Gasteiger partial charge < -0.3 is 19.8 Å². The number of carbonyl (C=O) groups is 2. The van der Waals surface area contributed by atoms with Crippen molar-refractivity contribution in [1.29, 1.82) is 0 Å². The molecule has 11 nitrogen and oxygen atoms in total. The van der Waals surface area contributed by atoms with E-state index >= 15 is 0 Å². The molecule has 1 aromatic carbocycles. The highest BCUT2D eigenvalue weighted by molar-refractivity contribution is 6.07. The van der Waals surface area contributed by atoms with Crippen LogP contribution in [0.25, 0.3) is 0 Å². The van der Waals surface area contributed by atoms with E-state index in [1.54, 1.807) is 20.0 Å². The highest BCUT2D eigenvalue weighted by Gasteiger charge is 2.21. The number of hydrogen-bond acceptors (Lipinski definition) is 7. The molecule has 3 rings (SSSR count). The Balaban J connectivity index is 1.67. The Morgan fingerprint density at radius 3 is 2.70 bits per heavy atom. The average molecular weight is 455 g/mol. The zero-order chi connectivity index (χ0) is 24.1.